The zero-order valence-electron chi connectivity index (χ0n) is 13.0. The molecule has 1 aromatic carbocycles. The van der Waals surface area contributed by atoms with Crippen molar-refractivity contribution in [3.8, 4) is 0 Å². The first kappa shape index (κ1) is 16.0. The Hall–Kier alpha value is -1.83. The van der Waals surface area contributed by atoms with E-state index in [-0.39, 0.29) is 18.9 Å². The second-order valence-electron chi connectivity index (χ2n) is 5.86. The van der Waals surface area contributed by atoms with Gasteiger partial charge >= 0.3 is 5.76 Å². The molecule has 8 heteroatoms. The largest absolute Gasteiger partial charge is 0.419 e. The minimum atomic E-state index is -0.474. The van der Waals surface area contributed by atoms with E-state index in [4.69, 9.17) is 16.0 Å². The molecule has 124 valence electrons. The Morgan fingerprint density at radius 1 is 1.39 bits per heavy atom. The number of oxazole rings is 1. The van der Waals surface area contributed by atoms with Crippen LogP contribution in [0.25, 0.3) is 11.1 Å². The number of aromatic nitrogens is 1. The first-order valence-electron chi connectivity index (χ1n) is 7.67. The van der Waals surface area contributed by atoms with Crippen molar-refractivity contribution in [3.63, 3.8) is 0 Å². The molecule has 1 aromatic heterocycles. The monoisotopic (exact) mass is 339 g/mol. The van der Waals surface area contributed by atoms with Crippen molar-refractivity contribution in [2.75, 3.05) is 33.2 Å². The summed E-state index contributed by atoms with van der Waals surface area (Å²) >= 11 is 5.88. The molecule has 1 fully saturated rings. The molecule has 0 saturated carbocycles. The minimum Gasteiger partial charge on any atom is -0.408 e. The quantitative estimate of drug-likeness (QED) is 0.788. The van der Waals surface area contributed by atoms with E-state index in [0.717, 1.165) is 26.2 Å². The molecule has 0 bridgehead atoms. The number of hydrogen-bond acceptors (Lipinski definition) is 4. The van der Waals surface area contributed by atoms with Gasteiger partial charge in [-0.3, -0.25) is 14.8 Å². The molecule has 23 heavy (non-hydrogen) atoms. The van der Waals surface area contributed by atoms with E-state index < -0.39 is 5.76 Å². The van der Waals surface area contributed by atoms with Crippen LogP contribution in [0, 0.1) is 0 Å². The van der Waals surface area contributed by atoms with Crippen LogP contribution < -0.4 is 16.1 Å². The third-order valence-corrected chi connectivity index (χ3v) is 4.33. The van der Waals surface area contributed by atoms with Crippen molar-refractivity contribution in [3.05, 3.63) is 33.8 Å². The SMILES string of the molecule is C[NH+]1CCN(NC(=O)CCn2c(=O)oc3cc(Cl)ccc32)CC1. The number of hydrogen-bond donors (Lipinski definition) is 2. The highest BCUT2D eigenvalue weighted by molar-refractivity contribution is 6.31. The first-order valence-corrected chi connectivity index (χ1v) is 8.05. The Bertz CT molecular complexity index is 762. The zero-order chi connectivity index (χ0) is 16.4. The highest BCUT2D eigenvalue weighted by Gasteiger charge is 2.18. The van der Waals surface area contributed by atoms with Crippen LogP contribution in [0.5, 0.6) is 0 Å². The summed E-state index contributed by atoms with van der Waals surface area (Å²) in [5.41, 5.74) is 3.98. The summed E-state index contributed by atoms with van der Waals surface area (Å²) in [6.45, 7) is 3.97. The molecule has 0 aliphatic carbocycles. The predicted molar refractivity (Wildman–Crippen MR) is 86.4 cm³/mol. The number of carbonyl (C=O) groups is 1. The maximum Gasteiger partial charge on any atom is 0.419 e. The van der Waals surface area contributed by atoms with Crippen molar-refractivity contribution >= 4 is 28.6 Å². The fourth-order valence-electron chi connectivity index (χ4n) is 2.70. The average Bonchev–Trinajstić information content (AvgIpc) is 2.82. The fourth-order valence-corrected chi connectivity index (χ4v) is 2.86. The summed E-state index contributed by atoms with van der Waals surface area (Å²) in [6.07, 6.45) is 0.219. The number of fused-ring (bicyclic) bond motifs is 1. The van der Waals surface area contributed by atoms with E-state index in [1.54, 1.807) is 18.2 Å². The number of piperazine rings is 1. The smallest absolute Gasteiger partial charge is 0.408 e. The number of carbonyl (C=O) groups excluding carboxylic acids is 1. The first-order chi connectivity index (χ1) is 11.0. The molecule has 3 rings (SSSR count). The molecule has 0 atom stereocenters. The van der Waals surface area contributed by atoms with Crippen LogP contribution in [0.3, 0.4) is 0 Å². The molecule has 1 aliphatic rings. The molecule has 2 heterocycles. The fraction of sp³-hybridized carbons (Fsp3) is 0.467. The second kappa shape index (κ2) is 6.74. The van der Waals surface area contributed by atoms with Gasteiger partial charge in [0.2, 0.25) is 5.91 Å². The highest BCUT2D eigenvalue weighted by atomic mass is 35.5. The van der Waals surface area contributed by atoms with E-state index in [1.807, 2.05) is 5.01 Å². The molecular weight excluding hydrogens is 320 g/mol. The number of nitrogens with one attached hydrogen (secondary N) is 2. The van der Waals surface area contributed by atoms with Gasteiger partial charge in [-0.2, -0.15) is 0 Å². The maximum atomic E-state index is 12.1. The Balaban J connectivity index is 1.61. The number of likely N-dealkylation sites (N-methyl/N-ethyl adjacent to an activating group) is 1. The Morgan fingerprint density at radius 2 is 2.13 bits per heavy atom. The number of aryl methyl sites for hydroxylation is 1. The van der Waals surface area contributed by atoms with Gasteiger partial charge in [-0.15, -0.1) is 0 Å². The topological polar surface area (TPSA) is 71.9 Å². The molecular formula is C15H20ClN4O3+. The molecule has 0 radical (unpaired) electrons. The number of nitrogens with zero attached hydrogens (tertiary/aromatic N) is 2. The van der Waals surface area contributed by atoms with Gasteiger partial charge in [0.15, 0.2) is 5.58 Å². The normalized spacial score (nSPS) is 16.8. The number of rotatable bonds is 4. The van der Waals surface area contributed by atoms with Crippen molar-refractivity contribution < 1.29 is 14.1 Å². The van der Waals surface area contributed by atoms with E-state index in [9.17, 15) is 9.59 Å². The van der Waals surface area contributed by atoms with Crippen LogP contribution in [0.4, 0.5) is 0 Å². The van der Waals surface area contributed by atoms with Crippen LogP contribution in [0.2, 0.25) is 5.02 Å². The van der Waals surface area contributed by atoms with Crippen molar-refractivity contribution in [2.24, 2.45) is 0 Å². The van der Waals surface area contributed by atoms with Crippen LogP contribution in [-0.4, -0.2) is 48.7 Å². The highest BCUT2D eigenvalue weighted by Crippen LogP contribution is 2.18. The standard InChI is InChI=1S/C15H19ClN4O3/c1-18-6-8-19(9-7-18)17-14(21)4-5-20-12-3-2-11(16)10-13(12)23-15(20)22/h2-3,10H,4-9H2,1H3,(H,17,21)/p+1. The van der Waals surface area contributed by atoms with E-state index in [1.165, 1.54) is 9.47 Å². The van der Waals surface area contributed by atoms with Crippen LogP contribution >= 0.6 is 11.6 Å². The Morgan fingerprint density at radius 3 is 2.87 bits per heavy atom. The second-order valence-corrected chi connectivity index (χ2v) is 6.30. The molecule has 1 saturated heterocycles. The van der Waals surface area contributed by atoms with E-state index >= 15 is 0 Å². The van der Waals surface area contributed by atoms with Crippen molar-refractivity contribution in [1.29, 1.82) is 0 Å². The molecule has 1 amide bonds. The molecule has 0 spiro atoms. The van der Waals surface area contributed by atoms with Gasteiger partial charge in [0, 0.05) is 24.1 Å². The number of benzene rings is 1. The van der Waals surface area contributed by atoms with Crippen LogP contribution in [0.1, 0.15) is 6.42 Å². The molecule has 2 aromatic rings. The zero-order valence-corrected chi connectivity index (χ0v) is 13.7. The third kappa shape index (κ3) is 3.74. The molecule has 0 unspecified atom stereocenters. The van der Waals surface area contributed by atoms with Gasteiger partial charge in [-0.25, -0.2) is 9.80 Å². The molecule has 1 aliphatic heterocycles. The van der Waals surface area contributed by atoms with E-state index in [2.05, 4.69) is 12.5 Å². The predicted octanol–water partition coefficient (Wildman–Crippen LogP) is -0.500. The summed E-state index contributed by atoms with van der Waals surface area (Å²) in [5, 5.41) is 2.44. The minimum absolute atomic E-state index is 0.0974. The lowest BCUT2D eigenvalue weighted by atomic mass is 10.3. The van der Waals surface area contributed by atoms with Crippen LogP contribution in [-0.2, 0) is 11.3 Å². The third-order valence-electron chi connectivity index (χ3n) is 4.09. The summed E-state index contributed by atoms with van der Waals surface area (Å²) in [6, 6.07) is 5.02. The van der Waals surface area contributed by atoms with Gasteiger partial charge in [0.05, 0.1) is 38.7 Å². The maximum absolute atomic E-state index is 12.1. The number of quaternary nitrogens is 1. The molecule has 7 nitrogen and oxygen atoms in total. The van der Waals surface area contributed by atoms with Crippen LogP contribution in [0.15, 0.2) is 27.4 Å². The van der Waals surface area contributed by atoms with Gasteiger partial charge < -0.3 is 9.32 Å². The number of amides is 1. The van der Waals surface area contributed by atoms with Crippen molar-refractivity contribution in [2.45, 2.75) is 13.0 Å². The van der Waals surface area contributed by atoms with Crippen molar-refractivity contribution in [1.82, 2.24) is 15.0 Å². The summed E-state index contributed by atoms with van der Waals surface area (Å²) in [7, 11) is 2.14. The average molecular weight is 340 g/mol. The Kier molecular flexibility index (Phi) is 4.70. The Labute approximate surface area is 138 Å². The van der Waals surface area contributed by atoms with Gasteiger partial charge in [-0.05, 0) is 12.1 Å². The summed E-state index contributed by atoms with van der Waals surface area (Å²) < 4.78 is 6.61. The lowest BCUT2D eigenvalue weighted by molar-refractivity contribution is -0.884. The van der Waals surface area contributed by atoms with E-state index in [0.29, 0.717) is 16.1 Å². The number of halogens is 1. The van der Waals surface area contributed by atoms with Gasteiger partial charge in [0.25, 0.3) is 0 Å². The van der Waals surface area contributed by atoms with Gasteiger partial charge in [0.1, 0.15) is 0 Å². The summed E-state index contributed by atoms with van der Waals surface area (Å²) in [5.74, 6) is -0.571. The summed E-state index contributed by atoms with van der Waals surface area (Å²) in [4.78, 5) is 25.4. The lowest BCUT2D eigenvalue weighted by Crippen LogP contribution is -3.12. The van der Waals surface area contributed by atoms with Gasteiger partial charge in [-0.1, -0.05) is 11.6 Å². The number of hydrazine groups is 1. The molecule has 2 N–H and O–H groups in total. The lowest BCUT2D eigenvalue weighted by Gasteiger charge is -2.30.